The molecule has 1 heterocycles. The van der Waals surface area contributed by atoms with Crippen molar-refractivity contribution < 1.29 is 0 Å². The molecule has 0 aromatic carbocycles. The van der Waals surface area contributed by atoms with Crippen LogP contribution >= 0.6 is 11.3 Å². The Kier molecular flexibility index (Phi) is 5.00. The summed E-state index contributed by atoms with van der Waals surface area (Å²) in [5.41, 5.74) is 0.431. The molecule has 1 N–H and O–H groups in total. The average Bonchev–Trinajstić information content (AvgIpc) is 2.57. The van der Waals surface area contributed by atoms with E-state index in [1.807, 2.05) is 11.3 Å². The van der Waals surface area contributed by atoms with Crippen LogP contribution in [0.3, 0.4) is 0 Å². The molecule has 1 rings (SSSR count). The topological polar surface area (TPSA) is 12.0 Å². The Labute approximate surface area is 104 Å². The number of nitrogens with one attached hydrogen (secondary N) is 1. The van der Waals surface area contributed by atoms with Gasteiger partial charge in [-0.1, -0.05) is 27.7 Å². The maximum absolute atomic E-state index is 3.60. The highest BCUT2D eigenvalue weighted by atomic mass is 32.1. The summed E-state index contributed by atoms with van der Waals surface area (Å²) >= 11 is 1.92. The van der Waals surface area contributed by atoms with Gasteiger partial charge < -0.3 is 5.32 Å². The second-order valence-corrected chi connectivity index (χ2v) is 6.98. The van der Waals surface area contributed by atoms with Crippen molar-refractivity contribution in [3.63, 3.8) is 0 Å². The number of aryl methyl sites for hydroxylation is 1. The first kappa shape index (κ1) is 13.7. The van der Waals surface area contributed by atoms with E-state index < -0.39 is 0 Å². The van der Waals surface area contributed by atoms with Crippen molar-refractivity contribution >= 4 is 11.3 Å². The molecule has 0 radical (unpaired) electrons. The third-order valence-corrected chi connectivity index (χ3v) is 3.85. The molecule has 1 aromatic rings. The van der Waals surface area contributed by atoms with E-state index in [-0.39, 0.29) is 0 Å². The van der Waals surface area contributed by atoms with E-state index in [2.05, 4.69) is 52.1 Å². The smallest absolute Gasteiger partial charge is 0.0414 e. The van der Waals surface area contributed by atoms with Gasteiger partial charge in [0.25, 0.3) is 0 Å². The molecule has 0 bridgehead atoms. The molecule has 0 fully saturated rings. The third kappa shape index (κ3) is 4.67. The summed E-state index contributed by atoms with van der Waals surface area (Å²) in [4.78, 5) is 2.90. The first-order chi connectivity index (χ1) is 7.42. The summed E-state index contributed by atoms with van der Waals surface area (Å²) in [6, 6.07) is 5.04. The number of thiophene rings is 1. The Morgan fingerprint density at radius 2 is 2.00 bits per heavy atom. The van der Waals surface area contributed by atoms with Crippen molar-refractivity contribution in [3.05, 3.63) is 21.9 Å². The van der Waals surface area contributed by atoms with Crippen LogP contribution in [0, 0.1) is 12.3 Å². The van der Waals surface area contributed by atoms with Gasteiger partial charge >= 0.3 is 0 Å². The van der Waals surface area contributed by atoms with E-state index in [1.54, 1.807) is 0 Å². The summed E-state index contributed by atoms with van der Waals surface area (Å²) in [5.74, 6) is 0. The minimum absolute atomic E-state index is 0.431. The lowest BCUT2D eigenvalue weighted by Crippen LogP contribution is -2.21. The molecule has 16 heavy (non-hydrogen) atoms. The number of hydrogen-bond acceptors (Lipinski definition) is 2. The van der Waals surface area contributed by atoms with E-state index in [9.17, 15) is 0 Å². The van der Waals surface area contributed by atoms with Gasteiger partial charge in [-0.15, -0.1) is 11.3 Å². The van der Waals surface area contributed by atoms with Crippen LogP contribution in [0.2, 0.25) is 0 Å². The molecule has 1 atom stereocenters. The van der Waals surface area contributed by atoms with Gasteiger partial charge in [0.15, 0.2) is 0 Å². The Morgan fingerprint density at radius 1 is 1.31 bits per heavy atom. The normalized spacial score (nSPS) is 14.1. The quantitative estimate of drug-likeness (QED) is 0.796. The summed E-state index contributed by atoms with van der Waals surface area (Å²) < 4.78 is 0. The van der Waals surface area contributed by atoms with E-state index in [1.165, 1.54) is 22.6 Å². The third-order valence-electron chi connectivity index (χ3n) is 2.74. The van der Waals surface area contributed by atoms with Gasteiger partial charge in [-0.2, -0.15) is 0 Å². The lowest BCUT2D eigenvalue weighted by Gasteiger charge is -2.23. The second-order valence-electron chi connectivity index (χ2n) is 5.66. The Bertz CT molecular complexity index is 309. The van der Waals surface area contributed by atoms with Crippen molar-refractivity contribution in [1.29, 1.82) is 0 Å². The molecule has 92 valence electrons. The Hall–Kier alpha value is -0.340. The van der Waals surface area contributed by atoms with Crippen LogP contribution in [0.4, 0.5) is 0 Å². The monoisotopic (exact) mass is 239 g/mol. The van der Waals surface area contributed by atoms with Gasteiger partial charge in [-0.25, -0.2) is 0 Å². The van der Waals surface area contributed by atoms with Gasteiger partial charge in [0.05, 0.1) is 0 Å². The number of rotatable bonds is 5. The van der Waals surface area contributed by atoms with Crippen LogP contribution in [0.5, 0.6) is 0 Å². The summed E-state index contributed by atoms with van der Waals surface area (Å²) in [6.07, 6.45) is 2.50. The Balaban J connectivity index is 2.61. The zero-order valence-electron chi connectivity index (χ0n) is 11.3. The van der Waals surface area contributed by atoms with Gasteiger partial charge in [0.2, 0.25) is 0 Å². The molecule has 0 aliphatic carbocycles. The van der Waals surface area contributed by atoms with Crippen molar-refractivity contribution in [3.8, 4) is 0 Å². The van der Waals surface area contributed by atoms with Crippen molar-refractivity contribution in [2.75, 3.05) is 6.54 Å². The highest BCUT2D eigenvalue weighted by Crippen LogP contribution is 2.30. The molecule has 0 spiro atoms. The maximum Gasteiger partial charge on any atom is 0.0414 e. The molecule has 1 unspecified atom stereocenters. The summed E-state index contributed by atoms with van der Waals surface area (Å²) in [7, 11) is 0. The fourth-order valence-electron chi connectivity index (χ4n) is 1.81. The minimum Gasteiger partial charge on any atom is -0.310 e. The SMILES string of the molecule is CCNC(CCC(C)(C)C)c1ccc(C)s1. The van der Waals surface area contributed by atoms with Crippen molar-refractivity contribution in [2.24, 2.45) is 5.41 Å². The number of hydrogen-bond donors (Lipinski definition) is 1. The first-order valence-corrected chi connectivity index (χ1v) is 7.04. The van der Waals surface area contributed by atoms with Gasteiger partial charge in [0.1, 0.15) is 0 Å². The molecule has 0 amide bonds. The molecule has 0 saturated heterocycles. The van der Waals surface area contributed by atoms with E-state index in [0.717, 1.165) is 6.54 Å². The van der Waals surface area contributed by atoms with Gasteiger partial charge in [-0.3, -0.25) is 0 Å². The molecule has 0 aliphatic heterocycles. The van der Waals surface area contributed by atoms with Crippen molar-refractivity contribution in [2.45, 2.75) is 53.5 Å². The molecule has 0 saturated carbocycles. The van der Waals surface area contributed by atoms with Gasteiger partial charge in [0, 0.05) is 15.8 Å². The lowest BCUT2D eigenvalue weighted by molar-refractivity contribution is 0.335. The molecule has 1 aromatic heterocycles. The Morgan fingerprint density at radius 3 is 2.44 bits per heavy atom. The minimum atomic E-state index is 0.431. The molecular formula is C14H25NS. The standard InChI is InChI=1S/C14H25NS/c1-6-15-12(9-10-14(3,4)5)13-8-7-11(2)16-13/h7-8,12,15H,6,9-10H2,1-5H3. The van der Waals surface area contributed by atoms with Crippen LogP contribution in [-0.4, -0.2) is 6.54 Å². The van der Waals surface area contributed by atoms with Crippen molar-refractivity contribution in [1.82, 2.24) is 5.32 Å². The van der Waals surface area contributed by atoms with E-state index >= 15 is 0 Å². The summed E-state index contributed by atoms with van der Waals surface area (Å²) in [5, 5.41) is 3.60. The van der Waals surface area contributed by atoms with E-state index in [4.69, 9.17) is 0 Å². The second kappa shape index (κ2) is 5.83. The largest absolute Gasteiger partial charge is 0.310 e. The highest BCUT2D eigenvalue weighted by Gasteiger charge is 2.17. The molecule has 2 heteroatoms. The summed E-state index contributed by atoms with van der Waals surface area (Å²) in [6.45, 7) is 12.4. The fraction of sp³-hybridized carbons (Fsp3) is 0.714. The zero-order valence-corrected chi connectivity index (χ0v) is 12.1. The maximum atomic E-state index is 3.60. The fourth-order valence-corrected chi connectivity index (χ4v) is 2.80. The highest BCUT2D eigenvalue weighted by molar-refractivity contribution is 7.12. The van der Waals surface area contributed by atoms with E-state index in [0.29, 0.717) is 11.5 Å². The van der Waals surface area contributed by atoms with Crippen LogP contribution in [0.1, 0.15) is 56.3 Å². The molecule has 0 aliphatic rings. The van der Waals surface area contributed by atoms with Crippen LogP contribution in [0.25, 0.3) is 0 Å². The predicted octanol–water partition coefficient (Wildman–Crippen LogP) is 4.53. The lowest BCUT2D eigenvalue weighted by atomic mass is 9.88. The zero-order chi connectivity index (χ0) is 12.2. The average molecular weight is 239 g/mol. The van der Waals surface area contributed by atoms with Crippen LogP contribution in [-0.2, 0) is 0 Å². The van der Waals surface area contributed by atoms with Crippen LogP contribution in [0.15, 0.2) is 12.1 Å². The predicted molar refractivity (Wildman–Crippen MR) is 74.2 cm³/mol. The molecular weight excluding hydrogens is 214 g/mol. The first-order valence-electron chi connectivity index (χ1n) is 6.22. The molecule has 1 nitrogen and oxygen atoms in total. The van der Waals surface area contributed by atoms with Gasteiger partial charge in [-0.05, 0) is 43.9 Å². The van der Waals surface area contributed by atoms with Crippen LogP contribution < -0.4 is 5.32 Å².